The van der Waals surface area contributed by atoms with Gasteiger partial charge in [0.05, 0.1) is 15.1 Å². The van der Waals surface area contributed by atoms with Crippen LogP contribution in [0, 0.1) is 5.82 Å². The Morgan fingerprint density at radius 2 is 1.87 bits per heavy atom. The first-order valence-corrected chi connectivity index (χ1v) is 11.1. The van der Waals surface area contributed by atoms with E-state index in [-0.39, 0.29) is 17.7 Å². The van der Waals surface area contributed by atoms with E-state index >= 15 is 0 Å². The van der Waals surface area contributed by atoms with Gasteiger partial charge in [0.1, 0.15) is 18.2 Å². The quantitative estimate of drug-likeness (QED) is 0.339. The van der Waals surface area contributed by atoms with Crippen LogP contribution in [0.15, 0.2) is 76.1 Å². The summed E-state index contributed by atoms with van der Waals surface area (Å²) in [6.07, 6.45) is 1.64. The van der Waals surface area contributed by atoms with Crippen LogP contribution in [0.3, 0.4) is 0 Å². The lowest BCUT2D eigenvalue weighted by molar-refractivity contribution is -0.113. The molecule has 156 valence electrons. The second kappa shape index (κ2) is 9.26. The molecule has 4 nitrogen and oxygen atoms in total. The van der Waals surface area contributed by atoms with Crippen molar-refractivity contribution in [1.82, 2.24) is 0 Å². The molecule has 0 spiro atoms. The van der Waals surface area contributed by atoms with Crippen molar-refractivity contribution in [3.05, 3.63) is 98.1 Å². The van der Waals surface area contributed by atoms with E-state index in [1.807, 2.05) is 0 Å². The zero-order valence-electron chi connectivity index (χ0n) is 15.8. The lowest BCUT2D eigenvalue weighted by Crippen LogP contribution is -2.27. The number of nitrogens with zero attached hydrogens (tertiary/aromatic N) is 1. The molecule has 31 heavy (non-hydrogen) atoms. The third-order valence-corrected chi connectivity index (χ3v) is 6.18. The molecule has 0 aromatic heterocycles. The van der Waals surface area contributed by atoms with Crippen molar-refractivity contribution in [2.75, 3.05) is 4.90 Å². The molecule has 1 saturated heterocycles. The van der Waals surface area contributed by atoms with Gasteiger partial charge < -0.3 is 4.74 Å². The standard InChI is InChI=1S/C23H14BrClFNO3S/c24-18-10-14(8-9-20(18)30-13-15-4-1-2-7-19(15)26)11-21-22(28)27(23(29)31-21)17-6-3-5-16(25)12-17/h1-12H,13H2/b21-11+. The number of carbonyl (C=O) groups excluding carboxylic acids is 2. The number of rotatable bonds is 5. The molecule has 8 heteroatoms. The smallest absolute Gasteiger partial charge is 0.298 e. The lowest BCUT2D eigenvalue weighted by atomic mass is 10.2. The van der Waals surface area contributed by atoms with Crippen LogP contribution in [0.5, 0.6) is 5.75 Å². The molecule has 0 saturated carbocycles. The van der Waals surface area contributed by atoms with Gasteiger partial charge in [0.25, 0.3) is 11.1 Å². The molecule has 1 fully saturated rings. The third kappa shape index (κ3) is 4.84. The number of hydrogen-bond acceptors (Lipinski definition) is 4. The molecular formula is C23H14BrClFNO3S. The van der Waals surface area contributed by atoms with Crippen LogP contribution < -0.4 is 9.64 Å². The fourth-order valence-corrected chi connectivity index (χ4v) is 4.49. The van der Waals surface area contributed by atoms with E-state index < -0.39 is 5.91 Å². The first-order valence-electron chi connectivity index (χ1n) is 9.11. The van der Waals surface area contributed by atoms with E-state index in [1.165, 1.54) is 6.07 Å². The predicted molar refractivity (Wildman–Crippen MR) is 125 cm³/mol. The molecule has 1 heterocycles. The summed E-state index contributed by atoms with van der Waals surface area (Å²) in [6.45, 7) is 0.0865. The Balaban J connectivity index is 1.51. The maximum Gasteiger partial charge on any atom is 0.298 e. The summed E-state index contributed by atoms with van der Waals surface area (Å²) in [4.78, 5) is 26.6. The average molecular weight is 519 g/mol. The number of carbonyl (C=O) groups is 2. The number of ether oxygens (including phenoxy) is 1. The van der Waals surface area contributed by atoms with Crippen LogP contribution in [0.4, 0.5) is 14.9 Å². The van der Waals surface area contributed by atoms with Crippen LogP contribution in [0.2, 0.25) is 5.02 Å². The summed E-state index contributed by atoms with van der Waals surface area (Å²) in [5.74, 6) is -0.202. The predicted octanol–water partition coefficient (Wildman–Crippen LogP) is 7.06. The summed E-state index contributed by atoms with van der Waals surface area (Å²) >= 11 is 10.3. The first kappa shape index (κ1) is 21.6. The first-order chi connectivity index (χ1) is 14.9. The van der Waals surface area contributed by atoms with Crippen molar-refractivity contribution < 1.29 is 18.7 Å². The van der Waals surface area contributed by atoms with Crippen molar-refractivity contribution in [1.29, 1.82) is 0 Å². The van der Waals surface area contributed by atoms with Crippen molar-refractivity contribution in [2.24, 2.45) is 0 Å². The van der Waals surface area contributed by atoms with E-state index in [1.54, 1.807) is 66.7 Å². The van der Waals surface area contributed by atoms with Crippen molar-refractivity contribution >= 4 is 62.2 Å². The van der Waals surface area contributed by atoms with Crippen LogP contribution in [-0.2, 0) is 11.4 Å². The Bertz CT molecular complexity index is 1220. The van der Waals surface area contributed by atoms with Gasteiger partial charge in [0, 0.05) is 10.6 Å². The van der Waals surface area contributed by atoms with E-state index in [4.69, 9.17) is 16.3 Å². The fraction of sp³-hybridized carbons (Fsp3) is 0.0435. The zero-order chi connectivity index (χ0) is 22.0. The lowest BCUT2D eigenvalue weighted by Gasteiger charge is -2.12. The van der Waals surface area contributed by atoms with Crippen LogP contribution in [-0.4, -0.2) is 11.1 Å². The van der Waals surface area contributed by atoms with Gasteiger partial charge in [-0.15, -0.1) is 0 Å². The number of imide groups is 1. The Hall–Kier alpha value is -2.61. The van der Waals surface area contributed by atoms with E-state index in [0.29, 0.717) is 37.0 Å². The molecule has 0 N–H and O–H groups in total. The molecular weight excluding hydrogens is 505 g/mol. The van der Waals surface area contributed by atoms with E-state index in [9.17, 15) is 14.0 Å². The molecule has 0 atom stereocenters. The van der Waals surface area contributed by atoms with Gasteiger partial charge in [-0.2, -0.15) is 0 Å². The van der Waals surface area contributed by atoms with Gasteiger partial charge in [-0.3, -0.25) is 9.59 Å². The SMILES string of the molecule is O=C1S/C(=C/c2ccc(OCc3ccccc3F)c(Br)c2)C(=O)N1c1cccc(Cl)c1. The molecule has 0 bridgehead atoms. The minimum Gasteiger partial charge on any atom is -0.488 e. The maximum absolute atomic E-state index is 13.8. The molecule has 1 aliphatic rings. The molecule has 0 radical (unpaired) electrons. The molecule has 4 rings (SSSR count). The van der Waals surface area contributed by atoms with E-state index in [0.717, 1.165) is 16.7 Å². The Labute approximate surface area is 195 Å². The normalized spacial score (nSPS) is 15.1. The van der Waals surface area contributed by atoms with Crippen molar-refractivity contribution in [3.8, 4) is 5.75 Å². The molecule has 3 aromatic carbocycles. The monoisotopic (exact) mass is 517 g/mol. The fourth-order valence-electron chi connectivity index (χ4n) is 2.95. The number of amides is 2. The van der Waals surface area contributed by atoms with Gasteiger partial charge in [0.15, 0.2) is 0 Å². The zero-order valence-corrected chi connectivity index (χ0v) is 19.0. The van der Waals surface area contributed by atoms with Crippen molar-refractivity contribution in [2.45, 2.75) is 6.61 Å². The third-order valence-electron chi connectivity index (χ3n) is 4.45. The maximum atomic E-state index is 13.8. The Morgan fingerprint density at radius 3 is 2.61 bits per heavy atom. The van der Waals surface area contributed by atoms with Gasteiger partial charge in [-0.05, 0) is 75.7 Å². The highest BCUT2D eigenvalue weighted by Crippen LogP contribution is 2.37. The minimum absolute atomic E-state index is 0.0865. The highest BCUT2D eigenvalue weighted by atomic mass is 79.9. The van der Waals surface area contributed by atoms with E-state index in [2.05, 4.69) is 15.9 Å². The van der Waals surface area contributed by atoms with Crippen LogP contribution in [0.1, 0.15) is 11.1 Å². The number of anilines is 1. The van der Waals surface area contributed by atoms with Gasteiger partial charge in [-0.1, -0.05) is 41.9 Å². The molecule has 0 unspecified atom stereocenters. The largest absolute Gasteiger partial charge is 0.488 e. The second-order valence-electron chi connectivity index (χ2n) is 6.57. The molecule has 3 aromatic rings. The number of hydrogen-bond donors (Lipinski definition) is 0. The number of thioether (sulfide) groups is 1. The Kier molecular flexibility index (Phi) is 6.46. The summed E-state index contributed by atoms with van der Waals surface area (Å²) in [6, 6.07) is 18.2. The summed E-state index contributed by atoms with van der Waals surface area (Å²) in [7, 11) is 0. The molecule has 0 aliphatic carbocycles. The van der Waals surface area contributed by atoms with Crippen molar-refractivity contribution in [3.63, 3.8) is 0 Å². The van der Waals surface area contributed by atoms with Crippen LogP contribution >= 0.6 is 39.3 Å². The molecule has 2 amide bonds. The van der Waals surface area contributed by atoms with Gasteiger partial charge in [0.2, 0.25) is 0 Å². The summed E-state index contributed by atoms with van der Waals surface area (Å²) < 4.78 is 20.1. The average Bonchev–Trinajstić information content (AvgIpc) is 3.01. The molecule has 1 aliphatic heterocycles. The van der Waals surface area contributed by atoms with Crippen LogP contribution in [0.25, 0.3) is 6.08 Å². The number of halogens is 3. The minimum atomic E-state index is -0.409. The second-order valence-corrected chi connectivity index (χ2v) is 8.85. The highest BCUT2D eigenvalue weighted by molar-refractivity contribution is 9.10. The number of benzene rings is 3. The Morgan fingerprint density at radius 1 is 1.06 bits per heavy atom. The topological polar surface area (TPSA) is 46.6 Å². The van der Waals surface area contributed by atoms with Gasteiger partial charge in [-0.25, -0.2) is 9.29 Å². The summed E-state index contributed by atoms with van der Waals surface area (Å²) in [5, 5.41) is 0.0536. The summed E-state index contributed by atoms with van der Waals surface area (Å²) in [5.41, 5.74) is 1.59. The highest BCUT2D eigenvalue weighted by Gasteiger charge is 2.36. The van der Waals surface area contributed by atoms with Gasteiger partial charge >= 0.3 is 0 Å².